The number of phenols is 1. The van der Waals surface area contributed by atoms with Crippen molar-refractivity contribution in [3.8, 4) is 11.5 Å². The third-order valence-corrected chi connectivity index (χ3v) is 7.63. The monoisotopic (exact) mass is 470 g/mol. The molecule has 0 spiro atoms. The lowest BCUT2D eigenvalue weighted by Crippen LogP contribution is -2.29. The second kappa shape index (κ2) is 13.3. The number of allylic oxidation sites excluding steroid dienone is 2. The van der Waals surface area contributed by atoms with Gasteiger partial charge in [0.2, 0.25) is 0 Å². The number of carbonyl (C=O) groups is 1. The maximum absolute atomic E-state index is 12.4. The lowest BCUT2D eigenvalue weighted by Gasteiger charge is -2.37. The van der Waals surface area contributed by atoms with Gasteiger partial charge in [-0.05, 0) is 99.7 Å². The standard InChI is InChI=1S/C30H46O4/c1-5-6-7-10-24(31)15-13-22-18-28(30(32)29(19-22)34-25-11-8-9-12-25)27-20-26(33-4)16-14-23(27)17-21(2)3/h7,10,18-19,21,23,25-27,32H,5-6,8-9,11-17,20H2,1-4H3/t23-,26+,27-/m0/s1. The number of methoxy groups -OCH3 is 1. The molecule has 34 heavy (non-hydrogen) atoms. The molecule has 1 N–H and O–H groups in total. The van der Waals surface area contributed by atoms with Crippen molar-refractivity contribution < 1.29 is 19.4 Å². The molecule has 0 radical (unpaired) electrons. The maximum atomic E-state index is 12.4. The molecule has 0 heterocycles. The van der Waals surface area contributed by atoms with Gasteiger partial charge in [-0.2, -0.15) is 0 Å². The fraction of sp³-hybridized carbons (Fsp3) is 0.700. The Kier molecular flexibility index (Phi) is 10.5. The highest BCUT2D eigenvalue weighted by Gasteiger charge is 2.34. The number of aromatic hydroxyl groups is 1. The molecule has 0 aliphatic heterocycles. The molecule has 0 saturated heterocycles. The van der Waals surface area contributed by atoms with Crippen LogP contribution in [0.1, 0.15) is 108 Å². The van der Waals surface area contributed by atoms with E-state index in [9.17, 15) is 9.90 Å². The largest absolute Gasteiger partial charge is 0.504 e. The first-order chi connectivity index (χ1) is 16.4. The minimum Gasteiger partial charge on any atom is -0.504 e. The Bertz CT molecular complexity index is 806. The molecule has 2 aliphatic rings. The van der Waals surface area contributed by atoms with Crippen LogP contribution in [0.3, 0.4) is 0 Å². The molecule has 4 heteroatoms. The molecule has 0 aromatic heterocycles. The zero-order valence-electron chi connectivity index (χ0n) is 21.9. The van der Waals surface area contributed by atoms with Crippen molar-refractivity contribution in [2.24, 2.45) is 11.8 Å². The highest BCUT2D eigenvalue weighted by Crippen LogP contribution is 2.48. The quantitative estimate of drug-likeness (QED) is 0.321. The number of unbranched alkanes of at least 4 members (excludes halogenated alkanes) is 1. The van der Waals surface area contributed by atoms with Crippen LogP contribution in [0.2, 0.25) is 0 Å². The SMILES string of the molecule is CCCC=CC(=O)CCc1cc(OC2CCCC2)c(O)c([C@H]2C[C@H](OC)CC[C@H]2CC(C)C)c1. The Morgan fingerprint density at radius 2 is 1.91 bits per heavy atom. The number of ether oxygens (including phenoxy) is 2. The van der Waals surface area contributed by atoms with Gasteiger partial charge < -0.3 is 14.6 Å². The summed E-state index contributed by atoms with van der Waals surface area (Å²) in [6.07, 6.45) is 16.0. The molecule has 0 amide bonds. The van der Waals surface area contributed by atoms with E-state index in [2.05, 4.69) is 26.8 Å². The molecule has 2 saturated carbocycles. The minimum absolute atomic E-state index is 0.163. The highest BCUT2D eigenvalue weighted by molar-refractivity contribution is 5.89. The van der Waals surface area contributed by atoms with Crippen molar-refractivity contribution in [3.63, 3.8) is 0 Å². The zero-order valence-corrected chi connectivity index (χ0v) is 21.9. The molecule has 0 bridgehead atoms. The van der Waals surface area contributed by atoms with E-state index >= 15 is 0 Å². The highest BCUT2D eigenvalue weighted by atomic mass is 16.5. The maximum Gasteiger partial charge on any atom is 0.161 e. The number of ketones is 1. The molecule has 1 aromatic carbocycles. The number of carbonyl (C=O) groups excluding carboxylic acids is 1. The van der Waals surface area contributed by atoms with Crippen LogP contribution in [0.25, 0.3) is 0 Å². The smallest absolute Gasteiger partial charge is 0.161 e. The molecular formula is C30H46O4. The topological polar surface area (TPSA) is 55.8 Å². The summed E-state index contributed by atoms with van der Waals surface area (Å²) in [5.74, 6) is 2.45. The summed E-state index contributed by atoms with van der Waals surface area (Å²) in [7, 11) is 1.80. The van der Waals surface area contributed by atoms with E-state index in [1.54, 1.807) is 13.2 Å². The van der Waals surface area contributed by atoms with E-state index in [1.807, 2.05) is 12.1 Å². The molecule has 3 atom stereocenters. The van der Waals surface area contributed by atoms with Crippen LogP contribution >= 0.6 is 0 Å². The van der Waals surface area contributed by atoms with Gasteiger partial charge in [-0.25, -0.2) is 0 Å². The summed E-state index contributed by atoms with van der Waals surface area (Å²) in [5, 5.41) is 11.4. The van der Waals surface area contributed by atoms with Gasteiger partial charge in [0.05, 0.1) is 12.2 Å². The van der Waals surface area contributed by atoms with E-state index in [1.165, 1.54) is 12.8 Å². The zero-order chi connectivity index (χ0) is 24.5. The van der Waals surface area contributed by atoms with Crippen molar-refractivity contribution >= 4 is 5.78 Å². The number of phenolic OH excluding ortho intramolecular Hbond substituents is 1. The number of benzene rings is 1. The second-order valence-electron chi connectivity index (χ2n) is 10.9. The Balaban J connectivity index is 1.89. The third-order valence-electron chi connectivity index (χ3n) is 7.63. The average molecular weight is 471 g/mol. The van der Waals surface area contributed by atoms with Crippen LogP contribution in [0.4, 0.5) is 0 Å². The molecule has 2 aliphatic carbocycles. The summed E-state index contributed by atoms with van der Waals surface area (Å²) >= 11 is 0. The van der Waals surface area contributed by atoms with Gasteiger partial charge in [0.25, 0.3) is 0 Å². The van der Waals surface area contributed by atoms with Crippen LogP contribution in [-0.2, 0) is 16.0 Å². The number of rotatable bonds is 12. The van der Waals surface area contributed by atoms with Crippen molar-refractivity contribution in [1.82, 2.24) is 0 Å². The van der Waals surface area contributed by atoms with Gasteiger partial charge in [-0.1, -0.05) is 39.3 Å². The van der Waals surface area contributed by atoms with E-state index in [-0.39, 0.29) is 23.9 Å². The Hall–Kier alpha value is -1.81. The minimum atomic E-state index is 0.163. The van der Waals surface area contributed by atoms with Crippen LogP contribution in [0, 0.1) is 11.8 Å². The molecule has 2 fully saturated rings. The lowest BCUT2D eigenvalue weighted by atomic mass is 9.70. The van der Waals surface area contributed by atoms with Gasteiger partial charge in [0, 0.05) is 19.1 Å². The summed E-state index contributed by atoms with van der Waals surface area (Å²) < 4.78 is 12.1. The number of hydrogen-bond acceptors (Lipinski definition) is 4. The fourth-order valence-corrected chi connectivity index (χ4v) is 5.80. The second-order valence-corrected chi connectivity index (χ2v) is 10.9. The molecule has 1 aromatic rings. The Morgan fingerprint density at radius 3 is 2.59 bits per heavy atom. The normalized spacial score (nSPS) is 23.7. The molecular weight excluding hydrogens is 424 g/mol. The molecule has 0 unspecified atom stereocenters. The third kappa shape index (κ3) is 7.60. The predicted molar refractivity (Wildman–Crippen MR) is 139 cm³/mol. The van der Waals surface area contributed by atoms with Gasteiger partial charge >= 0.3 is 0 Å². The van der Waals surface area contributed by atoms with Crippen LogP contribution in [0.5, 0.6) is 11.5 Å². The van der Waals surface area contributed by atoms with E-state index in [0.29, 0.717) is 36.2 Å². The van der Waals surface area contributed by atoms with Gasteiger partial charge in [-0.3, -0.25) is 4.79 Å². The van der Waals surface area contributed by atoms with Gasteiger partial charge in [-0.15, -0.1) is 0 Å². The van der Waals surface area contributed by atoms with Crippen molar-refractivity contribution in [2.75, 3.05) is 7.11 Å². The van der Waals surface area contributed by atoms with E-state index in [0.717, 1.165) is 62.5 Å². The van der Waals surface area contributed by atoms with Gasteiger partial charge in [0.1, 0.15) is 0 Å². The summed E-state index contributed by atoms with van der Waals surface area (Å²) in [6.45, 7) is 6.68. The van der Waals surface area contributed by atoms with Crippen molar-refractivity contribution in [1.29, 1.82) is 0 Å². The Morgan fingerprint density at radius 1 is 1.15 bits per heavy atom. The Labute approximate surface area is 207 Å². The average Bonchev–Trinajstić information content (AvgIpc) is 3.33. The van der Waals surface area contributed by atoms with Crippen LogP contribution in [0.15, 0.2) is 24.3 Å². The fourth-order valence-electron chi connectivity index (χ4n) is 5.80. The van der Waals surface area contributed by atoms with Crippen LogP contribution in [-0.4, -0.2) is 30.2 Å². The summed E-state index contributed by atoms with van der Waals surface area (Å²) in [4.78, 5) is 12.4. The van der Waals surface area contributed by atoms with Crippen LogP contribution < -0.4 is 4.74 Å². The predicted octanol–water partition coefficient (Wildman–Crippen LogP) is 7.52. The van der Waals surface area contributed by atoms with E-state index in [4.69, 9.17) is 9.47 Å². The summed E-state index contributed by atoms with van der Waals surface area (Å²) in [5.41, 5.74) is 2.08. The molecule has 4 nitrogen and oxygen atoms in total. The first-order valence-corrected chi connectivity index (χ1v) is 13.7. The first-order valence-electron chi connectivity index (χ1n) is 13.7. The van der Waals surface area contributed by atoms with Gasteiger partial charge in [0.15, 0.2) is 17.3 Å². The molecule has 190 valence electrons. The van der Waals surface area contributed by atoms with Crippen molar-refractivity contribution in [3.05, 3.63) is 35.4 Å². The van der Waals surface area contributed by atoms with E-state index < -0.39 is 0 Å². The number of aryl methyl sites for hydroxylation is 1. The summed E-state index contributed by atoms with van der Waals surface area (Å²) in [6, 6.07) is 4.13. The lowest BCUT2D eigenvalue weighted by molar-refractivity contribution is -0.114. The first kappa shape index (κ1) is 26.8. The van der Waals surface area contributed by atoms with Crippen molar-refractivity contribution in [2.45, 2.75) is 116 Å². The molecule has 3 rings (SSSR count). The number of hydrogen-bond donors (Lipinski definition) is 1.